The number of aromatic nitrogens is 1. The summed E-state index contributed by atoms with van der Waals surface area (Å²) >= 11 is 0. The first kappa shape index (κ1) is 12.5. The van der Waals surface area contributed by atoms with Crippen molar-refractivity contribution in [3.05, 3.63) is 35.5 Å². The Morgan fingerprint density at radius 3 is 2.68 bits per heavy atom. The molecule has 0 amide bonds. The average molecular weight is 254 g/mol. The first-order valence-electron chi connectivity index (χ1n) is 7.13. The number of fused-ring (bicyclic) bond motifs is 2. The average Bonchev–Trinajstić information content (AvgIpc) is 2.37. The first-order chi connectivity index (χ1) is 8.97. The van der Waals surface area contributed by atoms with Crippen LogP contribution < -0.4 is 5.73 Å². The summed E-state index contributed by atoms with van der Waals surface area (Å²) in [7, 11) is 0. The van der Waals surface area contributed by atoms with Crippen LogP contribution in [0.4, 0.5) is 5.69 Å². The van der Waals surface area contributed by atoms with Crippen molar-refractivity contribution >= 4 is 16.6 Å². The highest BCUT2D eigenvalue weighted by Gasteiger charge is 2.30. The van der Waals surface area contributed by atoms with Crippen molar-refractivity contribution in [3.8, 4) is 0 Å². The molecule has 3 rings (SSSR count). The molecule has 0 aliphatic heterocycles. The molecule has 100 valence electrons. The summed E-state index contributed by atoms with van der Waals surface area (Å²) in [4.78, 5) is 4.81. The van der Waals surface area contributed by atoms with Crippen molar-refractivity contribution < 1.29 is 0 Å². The molecule has 19 heavy (non-hydrogen) atoms. The highest BCUT2D eigenvalue weighted by Crippen LogP contribution is 2.40. The number of hydrogen-bond acceptors (Lipinski definition) is 2. The lowest BCUT2D eigenvalue weighted by Gasteiger charge is -2.35. The van der Waals surface area contributed by atoms with E-state index in [0.717, 1.165) is 29.4 Å². The Balaban J connectivity index is 2.12. The van der Waals surface area contributed by atoms with Crippen molar-refractivity contribution in [1.82, 2.24) is 4.98 Å². The number of hydrogen-bond donors (Lipinski definition) is 1. The van der Waals surface area contributed by atoms with E-state index < -0.39 is 0 Å². The molecule has 2 heteroatoms. The molecule has 1 heterocycles. The van der Waals surface area contributed by atoms with Gasteiger partial charge in [0.1, 0.15) is 0 Å². The molecule has 1 unspecified atom stereocenters. The monoisotopic (exact) mass is 254 g/mol. The zero-order valence-corrected chi connectivity index (χ0v) is 12.0. The van der Waals surface area contributed by atoms with Gasteiger partial charge in [0.2, 0.25) is 0 Å². The zero-order chi connectivity index (χ0) is 13.6. The molecule has 0 radical (unpaired) electrons. The molecule has 1 aromatic heterocycles. The summed E-state index contributed by atoms with van der Waals surface area (Å²) in [5.74, 6) is 0.699. The number of aryl methyl sites for hydroxylation is 1. The number of pyridine rings is 1. The predicted octanol–water partition coefficient (Wildman–Crippen LogP) is 3.97. The fraction of sp³-hybridized carbons (Fsp3) is 0.471. The number of nitrogens with zero attached hydrogens (tertiary/aromatic N) is 1. The van der Waals surface area contributed by atoms with E-state index in [9.17, 15) is 0 Å². The van der Waals surface area contributed by atoms with E-state index in [2.05, 4.69) is 32.9 Å². The molecule has 1 aliphatic rings. The molecular weight excluding hydrogens is 232 g/mol. The Bertz CT molecular complexity index is 623. The summed E-state index contributed by atoms with van der Waals surface area (Å²) < 4.78 is 0. The third-order valence-corrected chi connectivity index (χ3v) is 4.53. The quantitative estimate of drug-likeness (QED) is 0.772. The maximum Gasteiger partial charge on any atom is 0.0726 e. The Morgan fingerprint density at radius 1 is 1.21 bits per heavy atom. The van der Waals surface area contributed by atoms with Gasteiger partial charge in [0.05, 0.1) is 5.52 Å². The molecule has 0 saturated carbocycles. The van der Waals surface area contributed by atoms with Gasteiger partial charge in [-0.2, -0.15) is 0 Å². The molecule has 0 fully saturated rings. The summed E-state index contributed by atoms with van der Waals surface area (Å²) in [5.41, 5.74) is 11.3. The van der Waals surface area contributed by atoms with Gasteiger partial charge in [0.15, 0.2) is 0 Å². The van der Waals surface area contributed by atoms with E-state index in [1.165, 1.54) is 17.7 Å². The number of para-hydroxylation sites is 1. The van der Waals surface area contributed by atoms with Crippen LogP contribution in [0.3, 0.4) is 0 Å². The van der Waals surface area contributed by atoms with Crippen molar-refractivity contribution in [2.24, 2.45) is 11.3 Å². The number of nitrogen functional groups attached to an aromatic ring is 1. The molecule has 2 nitrogen and oxygen atoms in total. The Kier molecular flexibility index (Phi) is 2.77. The molecule has 2 aromatic rings. The normalized spacial score (nSPS) is 19.4. The van der Waals surface area contributed by atoms with E-state index in [4.69, 9.17) is 10.7 Å². The standard InChI is InChI=1S/C17H22N2/c1-17(2,3)11-8-9-15-13(10-11)16(18)12-6-4-5-7-14(12)19-15/h4-7,11H,8-10H2,1-3H3,(H2,18,19). The van der Waals surface area contributed by atoms with E-state index in [1.54, 1.807) is 0 Å². The number of rotatable bonds is 0. The van der Waals surface area contributed by atoms with Crippen LogP contribution in [0.5, 0.6) is 0 Å². The fourth-order valence-corrected chi connectivity index (χ4v) is 3.16. The molecule has 0 saturated heterocycles. The fourth-order valence-electron chi connectivity index (χ4n) is 3.16. The highest BCUT2D eigenvalue weighted by molar-refractivity contribution is 5.92. The molecular formula is C17H22N2. The maximum atomic E-state index is 6.41. The second kappa shape index (κ2) is 4.22. The molecule has 0 spiro atoms. The van der Waals surface area contributed by atoms with Gasteiger partial charge in [-0.1, -0.05) is 39.0 Å². The first-order valence-corrected chi connectivity index (χ1v) is 7.13. The van der Waals surface area contributed by atoms with Gasteiger partial charge >= 0.3 is 0 Å². The van der Waals surface area contributed by atoms with Crippen LogP contribution in [0.25, 0.3) is 10.9 Å². The van der Waals surface area contributed by atoms with Crippen molar-refractivity contribution in [1.29, 1.82) is 0 Å². The molecule has 1 aliphatic carbocycles. The predicted molar refractivity (Wildman–Crippen MR) is 81.1 cm³/mol. The van der Waals surface area contributed by atoms with Gasteiger partial charge in [-0.15, -0.1) is 0 Å². The number of benzene rings is 1. The third-order valence-electron chi connectivity index (χ3n) is 4.53. The van der Waals surface area contributed by atoms with Crippen LogP contribution in [0.1, 0.15) is 38.4 Å². The van der Waals surface area contributed by atoms with Crippen LogP contribution in [0.15, 0.2) is 24.3 Å². The van der Waals surface area contributed by atoms with Gasteiger partial charge in [0.25, 0.3) is 0 Å². The SMILES string of the molecule is CC(C)(C)C1CCc2nc3ccccc3c(N)c2C1. The molecule has 1 aromatic carbocycles. The maximum absolute atomic E-state index is 6.41. The number of anilines is 1. The lowest BCUT2D eigenvalue weighted by atomic mass is 9.71. The molecule has 0 bridgehead atoms. The van der Waals surface area contributed by atoms with E-state index in [1.807, 2.05) is 12.1 Å². The van der Waals surface area contributed by atoms with Crippen LogP contribution in [-0.4, -0.2) is 4.98 Å². The van der Waals surface area contributed by atoms with Gasteiger partial charge < -0.3 is 5.73 Å². The minimum absolute atomic E-state index is 0.343. The minimum atomic E-state index is 0.343. The lowest BCUT2D eigenvalue weighted by Crippen LogP contribution is -2.28. The minimum Gasteiger partial charge on any atom is -0.398 e. The lowest BCUT2D eigenvalue weighted by molar-refractivity contribution is 0.215. The van der Waals surface area contributed by atoms with E-state index >= 15 is 0 Å². The highest BCUT2D eigenvalue weighted by atomic mass is 14.7. The third kappa shape index (κ3) is 2.09. The number of nitrogens with two attached hydrogens (primary N) is 1. The molecule has 1 atom stereocenters. The summed E-state index contributed by atoms with van der Waals surface area (Å²) in [6, 6.07) is 8.21. The second-order valence-corrected chi connectivity index (χ2v) is 6.77. The summed E-state index contributed by atoms with van der Waals surface area (Å²) in [5, 5.41) is 1.11. The topological polar surface area (TPSA) is 38.9 Å². The second-order valence-electron chi connectivity index (χ2n) is 6.77. The van der Waals surface area contributed by atoms with Crippen LogP contribution in [0.2, 0.25) is 0 Å². The Morgan fingerprint density at radius 2 is 1.95 bits per heavy atom. The summed E-state index contributed by atoms with van der Waals surface area (Å²) in [6.45, 7) is 6.98. The van der Waals surface area contributed by atoms with Crippen LogP contribution >= 0.6 is 0 Å². The van der Waals surface area contributed by atoms with Gasteiger partial charge in [-0.3, -0.25) is 4.98 Å². The van der Waals surface area contributed by atoms with Crippen molar-refractivity contribution in [2.75, 3.05) is 5.73 Å². The van der Waals surface area contributed by atoms with Crippen LogP contribution in [0, 0.1) is 11.3 Å². The van der Waals surface area contributed by atoms with E-state index in [-0.39, 0.29) is 0 Å². The Labute approximate surface area is 115 Å². The zero-order valence-electron chi connectivity index (χ0n) is 12.0. The van der Waals surface area contributed by atoms with Gasteiger partial charge in [0, 0.05) is 16.8 Å². The van der Waals surface area contributed by atoms with Gasteiger partial charge in [-0.05, 0) is 42.2 Å². The van der Waals surface area contributed by atoms with E-state index in [0.29, 0.717) is 11.3 Å². The smallest absolute Gasteiger partial charge is 0.0726 e. The summed E-state index contributed by atoms with van der Waals surface area (Å²) in [6.07, 6.45) is 3.36. The van der Waals surface area contributed by atoms with Crippen molar-refractivity contribution in [2.45, 2.75) is 40.0 Å². The Hall–Kier alpha value is -1.57. The molecule has 2 N–H and O–H groups in total. The largest absolute Gasteiger partial charge is 0.398 e. The van der Waals surface area contributed by atoms with Crippen LogP contribution in [-0.2, 0) is 12.8 Å². The van der Waals surface area contributed by atoms with Gasteiger partial charge in [-0.25, -0.2) is 0 Å². The van der Waals surface area contributed by atoms with Crippen molar-refractivity contribution in [3.63, 3.8) is 0 Å².